The first-order valence-electron chi connectivity index (χ1n) is 5.92. The van der Waals surface area contributed by atoms with Crippen molar-refractivity contribution in [3.63, 3.8) is 0 Å². The van der Waals surface area contributed by atoms with Gasteiger partial charge in [-0.3, -0.25) is 15.1 Å². The standard InChI is InChI=1S/C12H21N3O2/c1-15(10-11-6-5-9-17-11)8-4-2-3-7-12(16)14-13/h5-6,9H,2-4,7-8,10,13H2,1H3,(H,14,16). The molecule has 0 atom stereocenters. The lowest BCUT2D eigenvalue weighted by atomic mass is 10.2. The van der Waals surface area contributed by atoms with Crippen LogP contribution in [-0.2, 0) is 11.3 Å². The number of nitrogens with two attached hydrogens (primary N) is 1. The highest BCUT2D eigenvalue weighted by Gasteiger charge is 2.02. The van der Waals surface area contributed by atoms with Gasteiger partial charge < -0.3 is 4.42 Å². The number of carbonyl (C=O) groups is 1. The van der Waals surface area contributed by atoms with Gasteiger partial charge >= 0.3 is 0 Å². The van der Waals surface area contributed by atoms with Crippen LogP contribution in [0.15, 0.2) is 22.8 Å². The number of hydrogen-bond acceptors (Lipinski definition) is 4. The summed E-state index contributed by atoms with van der Waals surface area (Å²) in [6.45, 7) is 1.83. The Balaban J connectivity index is 2.00. The van der Waals surface area contributed by atoms with E-state index in [0.717, 1.165) is 38.1 Å². The average Bonchev–Trinajstić information content (AvgIpc) is 2.81. The van der Waals surface area contributed by atoms with Crippen molar-refractivity contribution in [1.82, 2.24) is 10.3 Å². The zero-order valence-electron chi connectivity index (χ0n) is 10.3. The molecule has 1 amide bonds. The van der Waals surface area contributed by atoms with Gasteiger partial charge in [-0.15, -0.1) is 0 Å². The van der Waals surface area contributed by atoms with Gasteiger partial charge in [0.1, 0.15) is 5.76 Å². The molecular formula is C12H21N3O2. The third kappa shape index (κ3) is 6.09. The lowest BCUT2D eigenvalue weighted by molar-refractivity contribution is -0.121. The summed E-state index contributed by atoms with van der Waals surface area (Å²) in [6, 6.07) is 3.87. The highest BCUT2D eigenvalue weighted by Crippen LogP contribution is 2.06. The molecule has 1 aromatic heterocycles. The van der Waals surface area contributed by atoms with Crippen LogP contribution in [0.3, 0.4) is 0 Å². The number of hydrazine groups is 1. The monoisotopic (exact) mass is 239 g/mol. The minimum atomic E-state index is -0.0889. The summed E-state index contributed by atoms with van der Waals surface area (Å²) in [5.74, 6) is 5.89. The van der Waals surface area contributed by atoms with Gasteiger partial charge in [0.25, 0.3) is 0 Å². The molecule has 0 saturated carbocycles. The summed E-state index contributed by atoms with van der Waals surface area (Å²) >= 11 is 0. The molecule has 0 saturated heterocycles. The van der Waals surface area contributed by atoms with Crippen molar-refractivity contribution in [3.05, 3.63) is 24.2 Å². The fourth-order valence-corrected chi connectivity index (χ4v) is 1.66. The van der Waals surface area contributed by atoms with Crippen molar-refractivity contribution in [2.45, 2.75) is 32.2 Å². The van der Waals surface area contributed by atoms with Gasteiger partial charge in [-0.05, 0) is 38.6 Å². The molecule has 0 aliphatic carbocycles. The number of carbonyl (C=O) groups excluding carboxylic acids is 1. The molecule has 0 spiro atoms. The van der Waals surface area contributed by atoms with Crippen molar-refractivity contribution in [2.75, 3.05) is 13.6 Å². The summed E-state index contributed by atoms with van der Waals surface area (Å²) in [5, 5.41) is 0. The minimum Gasteiger partial charge on any atom is -0.468 e. The maximum Gasteiger partial charge on any atom is 0.233 e. The molecule has 0 bridgehead atoms. The van der Waals surface area contributed by atoms with Crippen LogP contribution in [0, 0.1) is 0 Å². The van der Waals surface area contributed by atoms with Gasteiger partial charge in [-0.2, -0.15) is 0 Å². The van der Waals surface area contributed by atoms with E-state index in [1.807, 2.05) is 12.1 Å². The third-order valence-corrected chi connectivity index (χ3v) is 2.61. The molecule has 17 heavy (non-hydrogen) atoms. The first kappa shape index (κ1) is 13.7. The number of unbranched alkanes of at least 4 members (excludes halogenated alkanes) is 2. The molecular weight excluding hydrogens is 218 g/mol. The minimum absolute atomic E-state index is 0.0889. The molecule has 0 aliphatic heterocycles. The fourth-order valence-electron chi connectivity index (χ4n) is 1.66. The third-order valence-electron chi connectivity index (χ3n) is 2.61. The average molecular weight is 239 g/mol. The van der Waals surface area contributed by atoms with E-state index in [9.17, 15) is 4.79 Å². The van der Waals surface area contributed by atoms with E-state index in [4.69, 9.17) is 10.3 Å². The zero-order chi connectivity index (χ0) is 12.5. The molecule has 1 heterocycles. The quantitative estimate of drug-likeness (QED) is 0.310. The van der Waals surface area contributed by atoms with Crippen molar-refractivity contribution in [3.8, 4) is 0 Å². The molecule has 0 aliphatic rings. The van der Waals surface area contributed by atoms with E-state index in [0.29, 0.717) is 6.42 Å². The van der Waals surface area contributed by atoms with Crippen LogP contribution in [0.1, 0.15) is 31.4 Å². The molecule has 96 valence electrons. The Kier molecular flexibility index (Phi) is 6.35. The fraction of sp³-hybridized carbons (Fsp3) is 0.583. The van der Waals surface area contributed by atoms with Gasteiger partial charge in [0.05, 0.1) is 12.8 Å². The normalized spacial score (nSPS) is 10.8. The number of rotatable bonds is 8. The molecule has 5 heteroatoms. The summed E-state index contributed by atoms with van der Waals surface area (Å²) in [5.41, 5.74) is 2.13. The smallest absolute Gasteiger partial charge is 0.233 e. The van der Waals surface area contributed by atoms with Crippen molar-refractivity contribution >= 4 is 5.91 Å². The molecule has 0 radical (unpaired) electrons. The number of furan rings is 1. The number of amides is 1. The van der Waals surface area contributed by atoms with Crippen LogP contribution >= 0.6 is 0 Å². The number of hydrogen-bond donors (Lipinski definition) is 2. The maximum absolute atomic E-state index is 10.9. The predicted octanol–water partition coefficient (Wildman–Crippen LogP) is 1.26. The van der Waals surface area contributed by atoms with Crippen molar-refractivity contribution < 1.29 is 9.21 Å². The Labute approximate surface area is 102 Å². The van der Waals surface area contributed by atoms with E-state index in [2.05, 4.69) is 17.4 Å². The van der Waals surface area contributed by atoms with Crippen molar-refractivity contribution in [1.29, 1.82) is 0 Å². The van der Waals surface area contributed by atoms with Crippen LogP contribution < -0.4 is 11.3 Å². The molecule has 5 nitrogen and oxygen atoms in total. The highest BCUT2D eigenvalue weighted by molar-refractivity contribution is 5.74. The molecule has 1 rings (SSSR count). The molecule has 1 aromatic rings. The number of nitrogens with one attached hydrogen (secondary N) is 1. The first-order chi connectivity index (χ1) is 8.22. The second-order valence-corrected chi connectivity index (χ2v) is 4.20. The Morgan fingerprint density at radius 1 is 1.47 bits per heavy atom. The van der Waals surface area contributed by atoms with Gasteiger partial charge in [0.15, 0.2) is 0 Å². The Morgan fingerprint density at radius 3 is 2.94 bits per heavy atom. The first-order valence-corrected chi connectivity index (χ1v) is 5.92. The topological polar surface area (TPSA) is 71.5 Å². The SMILES string of the molecule is CN(CCCCCC(=O)NN)Cc1ccco1. The second kappa shape index (κ2) is 7.86. The molecule has 0 unspecified atom stereocenters. The predicted molar refractivity (Wildman–Crippen MR) is 65.8 cm³/mol. The second-order valence-electron chi connectivity index (χ2n) is 4.20. The van der Waals surface area contributed by atoms with E-state index < -0.39 is 0 Å². The Hall–Kier alpha value is -1.33. The van der Waals surface area contributed by atoms with Crippen LogP contribution in [0.25, 0.3) is 0 Å². The largest absolute Gasteiger partial charge is 0.468 e. The molecule has 3 N–H and O–H groups in total. The number of nitrogens with zero attached hydrogens (tertiary/aromatic N) is 1. The van der Waals surface area contributed by atoms with E-state index in [1.54, 1.807) is 6.26 Å². The highest BCUT2D eigenvalue weighted by atomic mass is 16.3. The lowest BCUT2D eigenvalue weighted by Gasteiger charge is -2.14. The molecule has 0 fully saturated rings. The van der Waals surface area contributed by atoms with Crippen LogP contribution in [0.2, 0.25) is 0 Å². The van der Waals surface area contributed by atoms with Crippen LogP contribution in [0.4, 0.5) is 0 Å². The zero-order valence-corrected chi connectivity index (χ0v) is 10.3. The summed E-state index contributed by atoms with van der Waals surface area (Å²) in [7, 11) is 2.06. The maximum atomic E-state index is 10.9. The van der Waals surface area contributed by atoms with Crippen LogP contribution in [-0.4, -0.2) is 24.4 Å². The van der Waals surface area contributed by atoms with Crippen LogP contribution in [0.5, 0.6) is 0 Å². The van der Waals surface area contributed by atoms with Gasteiger partial charge in [-0.25, -0.2) is 5.84 Å². The van der Waals surface area contributed by atoms with E-state index in [1.165, 1.54) is 0 Å². The lowest BCUT2D eigenvalue weighted by Crippen LogP contribution is -2.29. The molecule has 0 aromatic carbocycles. The van der Waals surface area contributed by atoms with Gasteiger partial charge in [-0.1, -0.05) is 6.42 Å². The van der Waals surface area contributed by atoms with Crippen molar-refractivity contribution in [2.24, 2.45) is 5.84 Å². The summed E-state index contributed by atoms with van der Waals surface area (Å²) in [6.07, 6.45) is 5.20. The summed E-state index contributed by atoms with van der Waals surface area (Å²) < 4.78 is 5.27. The Morgan fingerprint density at radius 2 is 2.29 bits per heavy atom. The van der Waals surface area contributed by atoms with Gasteiger partial charge in [0.2, 0.25) is 5.91 Å². The van der Waals surface area contributed by atoms with Gasteiger partial charge in [0, 0.05) is 6.42 Å². The van der Waals surface area contributed by atoms with E-state index in [-0.39, 0.29) is 5.91 Å². The van der Waals surface area contributed by atoms with E-state index >= 15 is 0 Å². The Bertz CT molecular complexity index is 312. The summed E-state index contributed by atoms with van der Waals surface area (Å²) in [4.78, 5) is 13.1.